The molecule has 1 aliphatic carbocycles. The average Bonchev–Trinajstić information content (AvgIpc) is 3.04. The second-order valence-electron chi connectivity index (χ2n) is 6.73. The van der Waals surface area contributed by atoms with E-state index in [4.69, 9.17) is 0 Å². The van der Waals surface area contributed by atoms with Gasteiger partial charge in [0.25, 0.3) is 5.91 Å². The SMILES string of the molecule is O=C(N[C@H]1CC[C@H](O)CC1)c1nc(-c2ccc(F)cc2)c2ccccn12. The van der Waals surface area contributed by atoms with Crippen LogP contribution in [0.2, 0.25) is 0 Å². The number of nitrogens with one attached hydrogen (secondary N) is 1. The van der Waals surface area contributed by atoms with Crippen molar-refractivity contribution >= 4 is 11.4 Å². The third kappa shape index (κ3) is 3.20. The number of carbonyl (C=O) groups excluding carboxylic acids is 1. The largest absolute Gasteiger partial charge is 0.393 e. The molecule has 2 heterocycles. The van der Waals surface area contributed by atoms with Crippen LogP contribution in [0.3, 0.4) is 0 Å². The Bertz CT molecular complexity index is 928. The van der Waals surface area contributed by atoms with Gasteiger partial charge in [0.05, 0.1) is 17.3 Å². The summed E-state index contributed by atoms with van der Waals surface area (Å²) in [6.07, 6.45) is 4.47. The van der Waals surface area contributed by atoms with Crippen molar-refractivity contribution in [2.45, 2.75) is 37.8 Å². The number of aliphatic hydroxyl groups is 1. The van der Waals surface area contributed by atoms with Crippen LogP contribution in [0.25, 0.3) is 16.8 Å². The molecule has 0 saturated heterocycles. The van der Waals surface area contributed by atoms with Gasteiger partial charge in [0, 0.05) is 17.8 Å². The van der Waals surface area contributed by atoms with Gasteiger partial charge in [0.1, 0.15) is 5.82 Å². The molecule has 1 aliphatic rings. The van der Waals surface area contributed by atoms with E-state index in [1.165, 1.54) is 12.1 Å². The average molecular weight is 353 g/mol. The standard InChI is InChI=1S/C20H20FN3O2/c21-14-6-4-13(5-7-14)18-17-3-1-2-12-24(17)19(23-18)20(26)22-15-8-10-16(25)11-9-15/h1-7,12,15-16,25H,8-11H2,(H,22,26)/t15-,16-. The quantitative estimate of drug-likeness (QED) is 0.760. The van der Waals surface area contributed by atoms with Crippen molar-refractivity contribution in [3.63, 3.8) is 0 Å². The molecule has 26 heavy (non-hydrogen) atoms. The van der Waals surface area contributed by atoms with Gasteiger partial charge < -0.3 is 10.4 Å². The van der Waals surface area contributed by atoms with Crippen LogP contribution in [0, 0.1) is 5.82 Å². The van der Waals surface area contributed by atoms with Crippen LogP contribution in [0.5, 0.6) is 0 Å². The second-order valence-corrected chi connectivity index (χ2v) is 6.73. The number of rotatable bonds is 3. The molecule has 0 spiro atoms. The number of carbonyl (C=O) groups is 1. The Morgan fingerprint density at radius 2 is 1.85 bits per heavy atom. The van der Waals surface area contributed by atoms with Crippen molar-refractivity contribution < 1.29 is 14.3 Å². The summed E-state index contributed by atoms with van der Waals surface area (Å²) in [5.41, 5.74) is 2.20. The van der Waals surface area contributed by atoms with Crippen LogP contribution in [0.1, 0.15) is 36.3 Å². The molecule has 0 bridgehead atoms. The van der Waals surface area contributed by atoms with E-state index >= 15 is 0 Å². The summed E-state index contributed by atoms with van der Waals surface area (Å²) in [5, 5.41) is 12.6. The second kappa shape index (κ2) is 6.88. The third-order valence-corrected chi connectivity index (χ3v) is 4.90. The minimum absolute atomic E-state index is 0.0521. The molecule has 5 nitrogen and oxygen atoms in total. The number of nitrogens with zero attached hydrogens (tertiary/aromatic N) is 2. The molecule has 0 atom stereocenters. The molecule has 0 unspecified atom stereocenters. The third-order valence-electron chi connectivity index (χ3n) is 4.90. The Morgan fingerprint density at radius 3 is 2.58 bits per heavy atom. The Hall–Kier alpha value is -2.73. The predicted octanol–water partition coefficient (Wildman–Crippen LogP) is 3.17. The molecule has 6 heteroatoms. The maximum Gasteiger partial charge on any atom is 0.287 e. The highest BCUT2D eigenvalue weighted by atomic mass is 19.1. The fourth-order valence-corrected chi connectivity index (χ4v) is 3.49. The minimum atomic E-state index is -0.310. The fraction of sp³-hybridized carbons (Fsp3) is 0.300. The highest BCUT2D eigenvalue weighted by Gasteiger charge is 2.24. The van der Waals surface area contributed by atoms with E-state index in [0.717, 1.165) is 23.9 Å². The lowest BCUT2D eigenvalue weighted by Crippen LogP contribution is -2.39. The number of hydrogen-bond donors (Lipinski definition) is 2. The fourth-order valence-electron chi connectivity index (χ4n) is 3.49. The van der Waals surface area contributed by atoms with E-state index in [1.807, 2.05) is 18.2 Å². The summed E-state index contributed by atoms with van der Waals surface area (Å²) in [6.45, 7) is 0. The van der Waals surface area contributed by atoms with Crippen molar-refractivity contribution in [3.8, 4) is 11.3 Å². The number of aromatic nitrogens is 2. The molecule has 1 fully saturated rings. The topological polar surface area (TPSA) is 66.6 Å². The van der Waals surface area contributed by atoms with Gasteiger partial charge in [0.2, 0.25) is 5.82 Å². The number of pyridine rings is 1. The van der Waals surface area contributed by atoms with E-state index < -0.39 is 0 Å². The summed E-state index contributed by atoms with van der Waals surface area (Å²) in [5.74, 6) is -0.235. The summed E-state index contributed by atoms with van der Waals surface area (Å²) in [4.78, 5) is 17.3. The molecule has 1 aromatic carbocycles. The van der Waals surface area contributed by atoms with Gasteiger partial charge >= 0.3 is 0 Å². The van der Waals surface area contributed by atoms with Gasteiger partial charge in [-0.05, 0) is 62.1 Å². The van der Waals surface area contributed by atoms with Crippen molar-refractivity contribution in [1.29, 1.82) is 0 Å². The van der Waals surface area contributed by atoms with Gasteiger partial charge in [-0.3, -0.25) is 9.20 Å². The van der Waals surface area contributed by atoms with Gasteiger partial charge in [-0.2, -0.15) is 0 Å². The number of benzene rings is 1. The first kappa shape index (κ1) is 16.7. The van der Waals surface area contributed by atoms with E-state index in [9.17, 15) is 14.3 Å². The Kier molecular flexibility index (Phi) is 4.42. The lowest BCUT2D eigenvalue weighted by atomic mass is 9.93. The van der Waals surface area contributed by atoms with Crippen LogP contribution >= 0.6 is 0 Å². The summed E-state index contributed by atoms with van der Waals surface area (Å²) in [7, 11) is 0. The van der Waals surface area contributed by atoms with Crippen molar-refractivity contribution in [2.75, 3.05) is 0 Å². The van der Waals surface area contributed by atoms with Crippen LogP contribution in [0.15, 0.2) is 48.7 Å². The van der Waals surface area contributed by atoms with Crippen LogP contribution in [-0.4, -0.2) is 32.5 Å². The molecule has 1 saturated carbocycles. The summed E-state index contributed by atoms with van der Waals surface area (Å²) in [6, 6.07) is 11.8. The van der Waals surface area contributed by atoms with E-state index in [0.29, 0.717) is 24.4 Å². The number of imidazole rings is 1. The number of aliphatic hydroxyl groups excluding tert-OH is 1. The monoisotopic (exact) mass is 353 g/mol. The first-order chi connectivity index (χ1) is 12.6. The lowest BCUT2D eigenvalue weighted by Gasteiger charge is -2.25. The maximum atomic E-state index is 13.2. The predicted molar refractivity (Wildman–Crippen MR) is 96.3 cm³/mol. The van der Waals surface area contributed by atoms with Crippen molar-refractivity contribution in [1.82, 2.24) is 14.7 Å². The number of halogens is 1. The number of fused-ring (bicyclic) bond motifs is 1. The zero-order valence-electron chi connectivity index (χ0n) is 14.2. The molecule has 4 rings (SSSR count). The van der Waals surface area contributed by atoms with Gasteiger partial charge in [0.15, 0.2) is 0 Å². The van der Waals surface area contributed by atoms with Crippen LogP contribution < -0.4 is 5.32 Å². The van der Waals surface area contributed by atoms with Gasteiger partial charge in [-0.15, -0.1) is 0 Å². The normalized spacial score (nSPS) is 20.2. The maximum absolute atomic E-state index is 13.2. The highest BCUT2D eigenvalue weighted by Crippen LogP contribution is 2.25. The Morgan fingerprint density at radius 1 is 1.12 bits per heavy atom. The zero-order chi connectivity index (χ0) is 18.1. The van der Waals surface area contributed by atoms with Crippen LogP contribution in [-0.2, 0) is 0 Å². The van der Waals surface area contributed by atoms with E-state index in [-0.39, 0.29) is 23.9 Å². The Labute approximate surface area is 150 Å². The zero-order valence-corrected chi connectivity index (χ0v) is 14.2. The van der Waals surface area contributed by atoms with Crippen LogP contribution in [0.4, 0.5) is 4.39 Å². The van der Waals surface area contributed by atoms with Crippen molar-refractivity contribution in [3.05, 3.63) is 60.3 Å². The molecule has 3 aromatic rings. The molecule has 0 aliphatic heterocycles. The molecule has 2 N–H and O–H groups in total. The van der Waals surface area contributed by atoms with E-state index in [1.54, 1.807) is 22.7 Å². The smallest absolute Gasteiger partial charge is 0.287 e. The van der Waals surface area contributed by atoms with Gasteiger partial charge in [-0.25, -0.2) is 9.37 Å². The van der Waals surface area contributed by atoms with Gasteiger partial charge in [-0.1, -0.05) is 6.07 Å². The molecular weight excluding hydrogens is 333 g/mol. The lowest BCUT2D eigenvalue weighted by molar-refractivity contribution is 0.0858. The molecular formula is C20H20FN3O2. The summed E-state index contributed by atoms with van der Waals surface area (Å²) >= 11 is 0. The number of hydrogen-bond acceptors (Lipinski definition) is 3. The Balaban J connectivity index is 1.67. The number of amides is 1. The molecule has 0 radical (unpaired) electrons. The molecule has 1 amide bonds. The molecule has 2 aromatic heterocycles. The first-order valence-corrected chi connectivity index (χ1v) is 8.84. The minimum Gasteiger partial charge on any atom is -0.393 e. The van der Waals surface area contributed by atoms with Crippen molar-refractivity contribution in [2.24, 2.45) is 0 Å². The first-order valence-electron chi connectivity index (χ1n) is 8.84. The summed E-state index contributed by atoms with van der Waals surface area (Å²) < 4.78 is 15.0. The highest BCUT2D eigenvalue weighted by molar-refractivity contribution is 5.94. The molecule has 134 valence electrons. The van der Waals surface area contributed by atoms with E-state index in [2.05, 4.69) is 10.3 Å².